The highest BCUT2D eigenvalue weighted by molar-refractivity contribution is 6.62. The lowest BCUT2D eigenvalue weighted by molar-refractivity contribution is 0.00578. The van der Waals surface area contributed by atoms with Crippen LogP contribution in [0.4, 0.5) is 0 Å². The monoisotopic (exact) mass is 316 g/mol. The number of tetrazole rings is 1. The van der Waals surface area contributed by atoms with Gasteiger partial charge >= 0.3 is 12.8 Å². The zero-order valence-electron chi connectivity index (χ0n) is 14.3. The highest BCUT2D eigenvalue weighted by Gasteiger charge is 2.51. The summed E-state index contributed by atoms with van der Waals surface area (Å²) in [6.07, 6.45) is 0. The molecule has 1 saturated heterocycles. The van der Waals surface area contributed by atoms with Crippen LogP contribution < -0.4 is 11.2 Å². The van der Waals surface area contributed by atoms with Crippen LogP contribution in [0.25, 0.3) is 5.69 Å². The van der Waals surface area contributed by atoms with Gasteiger partial charge in [-0.25, -0.2) is 4.79 Å². The van der Waals surface area contributed by atoms with Gasteiger partial charge in [0.15, 0.2) is 0 Å². The van der Waals surface area contributed by atoms with E-state index in [-0.39, 0.29) is 5.69 Å². The summed E-state index contributed by atoms with van der Waals surface area (Å²) < 4.78 is 14.6. The van der Waals surface area contributed by atoms with E-state index in [4.69, 9.17) is 9.31 Å². The Morgan fingerprint density at radius 3 is 2.22 bits per heavy atom. The zero-order chi connectivity index (χ0) is 17.0. The largest absolute Gasteiger partial charge is 0.494 e. The van der Waals surface area contributed by atoms with Gasteiger partial charge in [0.05, 0.1) is 16.9 Å². The van der Waals surface area contributed by atoms with Crippen LogP contribution in [-0.4, -0.2) is 38.1 Å². The molecule has 0 radical (unpaired) electrons. The first-order chi connectivity index (χ1) is 10.6. The van der Waals surface area contributed by atoms with E-state index >= 15 is 0 Å². The van der Waals surface area contributed by atoms with Crippen molar-refractivity contribution in [3.05, 3.63) is 34.2 Å². The predicted molar refractivity (Wildman–Crippen MR) is 87.1 cm³/mol. The number of hydrogen-bond donors (Lipinski definition) is 0. The quantitative estimate of drug-likeness (QED) is 0.758. The summed E-state index contributed by atoms with van der Waals surface area (Å²) in [7, 11) is 1.09. The van der Waals surface area contributed by atoms with Gasteiger partial charge in [0, 0.05) is 7.05 Å². The minimum Gasteiger partial charge on any atom is -0.399 e. The molecule has 0 atom stereocenters. The molecule has 1 aromatic heterocycles. The molecule has 2 aromatic rings. The molecule has 8 heteroatoms. The van der Waals surface area contributed by atoms with Crippen molar-refractivity contribution in [3.8, 4) is 5.69 Å². The van der Waals surface area contributed by atoms with Crippen molar-refractivity contribution in [2.24, 2.45) is 7.05 Å². The summed E-state index contributed by atoms with van der Waals surface area (Å²) in [5.74, 6) is 0. The third-order valence-electron chi connectivity index (χ3n) is 4.71. The van der Waals surface area contributed by atoms with Crippen LogP contribution in [-0.2, 0) is 16.4 Å². The fourth-order valence-corrected chi connectivity index (χ4v) is 2.45. The lowest BCUT2D eigenvalue weighted by atomic mass is 9.78. The Morgan fingerprint density at radius 2 is 1.70 bits per heavy atom. The molecule has 23 heavy (non-hydrogen) atoms. The van der Waals surface area contributed by atoms with Crippen LogP contribution in [0.3, 0.4) is 0 Å². The van der Waals surface area contributed by atoms with Crippen LogP contribution in [0.15, 0.2) is 23.0 Å². The van der Waals surface area contributed by atoms with Crippen molar-refractivity contribution in [1.82, 2.24) is 19.8 Å². The molecule has 2 heterocycles. The molecule has 1 aliphatic rings. The molecule has 122 valence electrons. The van der Waals surface area contributed by atoms with Crippen molar-refractivity contribution in [2.45, 2.75) is 45.8 Å². The van der Waals surface area contributed by atoms with E-state index in [1.807, 2.05) is 52.8 Å². The third-order valence-corrected chi connectivity index (χ3v) is 4.71. The molecule has 1 fully saturated rings. The van der Waals surface area contributed by atoms with Crippen molar-refractivity contribution < 1.29 is 9.31 Å². The first-order valence-corrected chi connectivity index (χ1v) is 7.58. The number of benzene rings is 1. The molecule has 1 aliphatic heterocycles. The van der Waals surface area contributed by atoms with Gasteiger partial charge in [-0.1, -0.05) is 12.1 Å². The smallest absolute Gasteiger partial charge is 0.399 e. The van der Waals surface area contributed by atoms with E-state index in [9.17, 15) is 4.79 Å². The summed E-state index contributed by atoms with van der Waals surface area (Å²) in [6.45, 7) is 9.96. The molecule has 3 rings (SSSR count). The van der Waals surface area contributed by atoms with Gasteiger partial charge in [0.25, 0.3) is 0 Å². The first-order valence-electron chi connectivity index (χ1n) is 7.58. The minimum atomic E-state index is -0.480. The van der Waals surface area contributed by atoms with E-state index < -0.39 is 18.3 Å². The van der Waals surface area contributed by atoms with E-state index in [0.29, 0.717) is 5.69 Å². The van der Waals surface area contributed by atoms with Gasteiger partial charge in [-0.15, -0.1) is 0 Å². The summed E-state index contributed by atoms with van der Waals surface area (Å²) in [4.78, 5) is 12.1. The number of nitrogens with zero attached hydrogens (tertiary/aromatic N) is 4. The second-order valence-electron chi connectivity index (χ2n) is 6.93. The minimum absolute atomic E-state index is 0.292. The fourth-order valence-electron chi connectivity index (χ4n) is 2.45. The van der Waals surface area contributed by atoms with Crippen molar-refractivity contribution in [1.29, 1.82) is 0 Å². The molecule has 0 saturated carbocycles. The Bertz CT molecular complexity index is 793. The van der Waals surface area contributed by atoms with E-state index in [2.05, 4.69) is 10.4 Å². The van der Waals surface area contributed by atoms with E-state index in [1.165, 1.54) is 9.36 Å². The van der Waals surface area contributed by atoms with Crippen LogP contribution in [0.1, 0.15) is 33.3 Å². The normalized spacial score (nSPS) is 19.3. The zero-order valence-corrected chi connectivity index (χ0v) is 14.3. The molecule has 1 aromatic carbocycles. The van der Waals surface area contributed by atoms with E-state index in [0.717, 1.165) is 11.0 Å². The van der Waals surface area contributed by atoms with Gasteiger partial charge in [-0.2, -0.15) is 9.36 Å². The summed E-state index contributed by atoms with van der Waals surface area (Å²) in [5.41, 5.74) is 1.34. The van der Waals surface area contributed by atoms with E-state index in [1.54, 1.807) is 7.05 Å². The topological polar surface area (TPSA) is 71.2 Å². The number of aromatic nitrogens is 4. The number of rotatable bonds is 2. The molecule has 0 N–H and O–H groups in total. The molecule has 0 amide bonds. The maximum Gasteiger partial charge on any atom is 0.494 e. The molecule has 0 aliphatic carbocycles. The fraction of sp³-hybridized carbons (Fsp3) is 0.533. The number of aryl methyl sites for hydroxylation is 2. The van der Waals surface area contributed by atoms with Gasteiger partial charge < -0.3 is 9.31 Å². The average molecular weight is 316 g/mol. The molecule has 0 spiro atoms. The summed E-state index contributed by atoms with van der Waals surface area (Å²) in [5, 5.41) is 7.67. The second kappa shape index (κ2) is 5.04. The van der Waals surface area contributed by atoms with Crippen LogP contribution in [0.5, 0.6) is 0 Å². The number of hydrogen-bond acceptors (Lipinski definition) is 5. The van der Waals surface area contributed by atoms with Crippen molar-refractivity contribution in [2.75, 3.05) is 0 Å². The Labute approximate surface area is 135 Å². The summed E-state index contributed by atoms with van der Waals surface area (Å²) >= 11 is 0. The lowest BCUT2D eigenvalue weighted by Gasteiger charge is -2.32. The van der Waals surface area contributed by atoms with Gasteiger partial charge in [-0.05, 0) is 62.1 Å². The Hall–Kier alpha value is -1.93. The highest BCUT2D eigenvalue weighted by Crippen LogP contribution is 2.36. The average Bonchev–Trinajstić information content (AvgIpc) is 2.88. The molecule has 0 unspecified atom stereocenters. The standard InChI is InChI=1S/C15H21BN4O3/c1-10-7-8-11(16-22-14(2,3)15(4,5)23-16)9-12(10)20-13(21)19(6)17-18-20/h7-9H,1-6H3. The maximum absolute atomic E-state index is 12.1. The van der Waals surface area contributed by atoms with Crippen LogP contribution in [0.2, 0.25) is 0 Å². The van der Waals surface area contributed by atoms with Crippen LogP contribution >= 0.6 is 0 Å². The van der Waals surface area contributed by atoms with Crippen molar-refractivity contribution in [3.63, 3.8) is 0 Å². The van der Waals surface area contributed by atoms with Crippen LogP contribution in [0, 0.1) is 6.92 Å². The molecule has 7 nitrogen and oxygen atoms in total. The summed E-state index contributed by atoms with van der Waals surface area (Å²) in [6, 6.07) is 5.74. The first kappa shape index (κ1) is 16.0. The predicted octanol–water partition coefficient (Wildman–Crippen LogP) is 0.574. The Morgan fingerprint density at radius 1 is 1.09 bits per heavy atom. The Balaban J connectivity index is 2.03. The van der Waals surface area contributed by atoms with Gasteiger partial charge in [0.2, 0.25) is 0 Å². The SMILES string of the molecule is Cc1ccc(B2OC(C)(C)C(C)(C)O2)cc1-n1nnn(C)c1=O. The van der Waals surface area contributed by atoms with Crippen molar-refractivity contribution >= 4 is 12.6 Å². The highest BCUT2D eigenvalue weighted by atomic mass is 16.7. The van der Waals surface area contributed by atoms with Gasteiger partial charge in [-0.3, -0.25) is 0 Å². The third kappa shape index (κ3) is 2.51. The Kier molecular flexibility index (Phi) is 3.49. The lowest BCUT2D eigenvalue weighted by Crippen LogP contribution is -2.41. The molecular weight excluding hydrogens is 295 g/mol. The second-order valence-corrected chi connectivity index (χ2v) is 6.93. The van der Waals surface area contributed by atoms with Gasteiger partial charge in [0.1, 0.15) is 0 Å². The molecular formula is C15H21BN4O3. The maximum atomic E-state index is 12.1. The molecule has 0 bridgehead atoms.